The third-order valence-electron chi connectivity index (χ3n) is 4.90. The van der Waals surface area contributed by atoms with E-state index < -0.39 is 0 Å². The number of nitrogens with zero attached hydrogens (tertiary/aromatic N) is 2. The molecule has 0 saturated heterocycles. The van der Waals surface area contributed by atoms with Gasteiger partial charge in [0.15, 0.2) is 0 Å². The number of fused-ring (bicyclic) bond motifs is 2. The van der Waals surface area contributed by atoms with Crippen molar-refractivity contribution >= 4 is 23.6 Å². The first-order valence-corrected chi connectivity index (χ1v) is 8.70. The molecule has 2 aliphatic rings. The molecule has 4 rings (SSSR count). The van der Waals surface area contributed by atoms with E-state index in [9.17, 15) is 19.2 Å². The Kier molecular flexibility index (Phi) is 4.04. The molecule has 0 saturated carbocycles. The van der Waals surface area contributed by atoms with E-state index in [-0.39, 0.29) is 36.7 Å². The quantitative estimate of drug-likeness (QED) is 0.597. The Morgan fingerprint density at radius 1 is 0.607 bits per heavy atom. The maximum Gasteiger partial charge on any atom is 0.261 e. The van der Waals surface area contributed by atoms with Gasteiger partial charge in [0.25, 0.3) is 23.6 Å². The van der Waals surface area contributed by atoms with Gasteiger partial charge >= 0.3 is 0 Å². The molecule has 2 heterocycles. The molecule has 28 heavy (non-hydrogen) atoms. The lowest BCUT2D eigenvalue weighted by atomic mass is 9.97. The van der Waals surface area contributed by atoms with E-state index in [0.29, 0.717) is 33.4 Å². The summed E-state index contributed by atoms with van der Waals surface area (Å²) in [5.74, 6) is -1.43. The Labute approximate surface area is 161 Å². The highest BCUT2D eigenvalue weighted by Gasteiger charge is 2.36. The van der Waals surface area contributed by atoms with E-state index in [2.05, 4.69) is 13.2 Å². The van der Waals surface area contributed by atoms with Crippen molar-refractivity contribution in [3.05, 3.63) is 84.0 Å². The Hall–Kier alpha value is -3.80. The van der Waals surface area contributed by atoms with Crippen LogP contribution in [0.2, 0.25) is 0 Å². The molecule has 6 nitrogen and oxygen atoms in total. The molecule has 0 fully saturated rings. The third-order valence-corrected chi connectivity index (χ3v) is 4.90. The number of rotatable bonds is 5. The van der Waals surface area contributed by atoms with Gasteiger partial charge < -0.3 is 0 Å². The summed E-state index contributed by atoms with van der Waals surface area (Å²) in [6.45, 7) is 7.44. The van der Waals surface area contributed by atoms with Crippen LogP contribution in [0.4, 0.5) is 0 Å². The zero-order valence-corrected chi connectivity index (χ0v) is 15.0. The van der Waals surface area contributed by atoms with E-state index in [4.69, 9.17) is 0 Å². The van der Waals surface area contributed by atoms with Gasteiger partial charge in [-0.15, -0.1) is 13.2 Å². The molecule has 0 unspecified atom stereocenters. The van der Waals surface area contributed by atoms with Gasteiger partial charge in [-0.05, 0) is 35.4 Å². The molecule has 0 spiro atoms. The van der Waals surface area contributed by atoms with Crippen LogP contribution >= 0.6 is 0 Å². The summed E-state index contributed by atoms with van der Waals surface area (Å²) < 4.78 is 0. The first-order valence-electron chi connectivity index (χ1n) is 8.70. The standard InChI is InChI=1S/C22H16N2O4/c1-3-9-23-19(25)15-7-5-13(11-17(15)21(23)27)14-6-8-16-18(12-14)22(28)24(10-4-2)20(16)26/h3-8,11-12H,1-2,9-10H2. The van der Waals surface area contributed by atoms with Crippen LogP contribution in [0.5, 0.6) is 0 Å². The highest BCUT2D eigenvalue weighted by atomic mass is 16.2. The second kappa shape index (κ2) is 6.42. The zero-order valence-electron chi connectivity index (χ0n) is 15.0. The van der Waals surface area contributed by atoms with Crippen molar-refractivity contribution in [2.24, 2.45) is 0 Å². The summed E-state index contributed by atoms with van der Waals surface area (Å²) in [7, 11) is 0. The minimum atomic E-state index is -0.369. The van der Waals surface area contributed by atoms with Crippen molar-refractivity contribution in [1.82, 2.24) is 9.80 Å². The predicted molar refractivity (Wildman–Crippen MR) is 103 cm³/mol. The van der Waals surface area contributed by atoms with Crippen LogP contribution in [-0.4, -0.2) is 46.5 Å². The smallest absolute Gasteiger partial charge is 0.261 e. The number of carbonyl (C=O) groups excluding carboxylic acids is 4. The minimum absolute atomic E-state index is 0.149. The van der Waals surface area contributed by atoms with Crippen LogP contribution in [0, 0.1) is 0 Å². The summed E-state index contributed by atoms with van der Waals surface area (Å²) in [6.07, 6.45) is 3.00. The molecule has 2 aromatic carbocycles. The summed E-state index contributed by atoms with van der Waals surface area (Å²) >= 11 is 0. The number of benzene rings is 2. The molecular formula is C22H16N2O4. The van der Waals surface area contributed by atoms with E-state index in [1.165, 1.54) is 12.2 Å². The zero-order chi connectivity index (χ0) is 20.0. The van der Waals surface area contributed by atoms with E-state index in [0.717, 1.165) is 9.80 Å². The fourth-order valence-corrected chi connectivity index (χ4v) is 3.53. The molecule has 0 radical (unpaired) electrons. The molecule has 4 amide bonds. The molecule has 0 N–H and O–H groups in total. The van der Waals surface area contributed by atoms with E-state index in [1.54, 1.807) is 36.4 Å². The summed E-state index contributed by atoms with van der Waals surface area (Å²) in [6, 6.07) is 9.96. The second-order valence-corrected chi connectivity index (χ2v) is 6.54. The molecule has 0 aromatic heterocycles. The first-order chi connectivity index (χ1) is 13.5. The normalized spacial score (nSPS) is 15.1. The van der Waals surface area contributed by atoms with Crippen molar-refractivity contribution in [3.63, 3.8) is 0 Å². The molecule has 2 aromatic rings. The predicted octanol–water partition coefficient (Wildman–Crippen LogP) is 2.92. The lowest BCUT2D eigenvalue weighted by Gasteiger charge is -2.09. The Balaban J connectivity index is 1.74. The highest BCUT2D eigenvalue weighted by Crippen LogP contribution is 2.32. The highest BCUT2D eigenvalue weighted by molar-refractivity contribution is 6.23. The number of amides is 4. The molecule has 6 heteroatoms. The maximum absolute atomic E-state index is 12.5. The maximum atomic E-state index is 12.5. The van der Waals surface area contributed by atoms with E-state index in [1.807, 2.05) is 0 Å². The fraction of sp³-hybridized carbons (Fsp3) is 0.0909. The van der Waals surface area contributed by atoms with Gasteiger partial charge in [0.05, 0.1) is 22.3 Å². The van der Waals surface area contributed by atoms with Gasteiger partial charge in [-0.25, -0.2) is 0 Å². The average Bonchev–Trinajstić information content (AvgIpc) is 3.08. The minimum Gasteiger partial charge on any atom is -0.270 e. The van der Waals surface area contributed by atoms with Crippen LogP contribution in [-0.2, 0) is 0 Å². The Morgan fingerprint density at radius 2 is 0.964 bits per heavy atom. The number of carbonyl (C=O) groups is 4. The van der Waals surface area contributed by atoms with Gasteiger partial charge in [-0.3, -0.25) is 29.0 Å². The largest absolute Gasteiger partial charge is 0.270 e. The van der Waals surface area contributed by atoms with Crippen LogP contribution < -0.4 is 0 Å². The van der Waals surface area contributed by atoms with Crippen LogP contribution in [0.25, 0.3) is 11.1 Å². The molecule has 138 valence electrons. The summed E-state index contributed by atoms with van der Waals surface area (Å²) in [5, 5.41) is 0. The Morgan fingerprint density at radius 3 is 1.32 bits per heavy atom. The molecular weight excluding hydrogens is 356 g/mol. The van der Waals surface area contributed by atoms with Gasteiger partial charge in [0.2, 0.25) is 0 Å². The van der Waals surface area contributed by atoms with Crippen molar-refractivity contribution in [2.45, 2.75) is 0 Å². The van der Waals surface area contributed by atoms with E-state index >= 15 is 0 Å². The van der Waals surface area contributed by atoms with Crippen molar-refractivity contribution < 1.29 is 19.2 Å². The van der Waals surface area contributed by atoms with Crippen molar-refractivity contribution in [1.29, 1.82) is 0 Å². The second-order valence-electron chi connectivity index (χ2n) is 6.54. The monoisotopic (exact) mass is 372 g/mol. The summed E-state index contributed by atoms with van der Waals surface area (Å²) in [4.78, 5) is 52.0. The van der Waals surface area contributed by atoms with Crippen LogP contribution in [0.3, 0.4) is 0 Å². The fourth-order valence-electron chi connectivity index (χ4n) is 3.53. The molecule has 2 aliphatic heterocycles. The van der Waals surface area contributed by atoms with Crippen molar-refractivity contribution in [3.8, 4) is 11.1 Å². The topological polar surface area (TPSA) is 74.8 Å². The van der Waals surface area contributed by atoms with Gasteiger partial charge in [-0.1, -0.05) is 24.3 Å². The third kappa shape index (κ3) is 2.42. The molecule has 0 bridgehead atoms. The van der Waals surface area contributed by atoms with Crippen molar-refractivity contribution in [2.75, 3.05) is 13.1 Å². The summed E-state index contributed by atoms with van der Waals surface area (Å²) in [5.41, 5.74) is 2.71. The first kappa shape index (κ1) is 17.6. The number of hydrogen-bond donors (Lipinski definition) is 0. The van der Waals surface area contributed by atoms with Crippen LogP contribution in [0.15, 0.2) is 61.7 Å². The average molecular weight is 372 g/mol. The van der Waals surface area contributed by atoms with Gasteiger partial charge in [-0.2, -0.15) is 0 Å². The SMILES string of the molecule is C=CCN1C(=O)c2ccc(-c3ccc4c(c3)C(=O)N(CC=C)C4=O)cc2C1=O. The lowest BCUT2D eigenvalue weighted by molar-refractivity contribution is 0.0656. The number of hydrogen-bond acceptors (Lipinski definition) is 4. The lowest BCUT2D eigenvalue weighted by Crippen LogP contribution is -2.29. The molecule has 0 atom stereocenters. The Bertz CT molecular complexity index is 1010. The molecule has 0 aliphatic carbocycles. The van der Waals surface area contributed by atoms with Gasteiger partial charge in [0.1, 0.15) is 0 Å². The van der Waals surface area contributed by atoms with Crippen LogP contribution in [0.1, 0.15) is 41.4 Å². The van der Waals surface area contributed by atoms with Gasteiger partial charge in [0, 0.05) is 13.1 Å². The number of imide groups is 2.